The molecule has 0 aliphatic rings. The van der Waals surface area contributed by atoms with Crippen molar-refractivity contribution in [3.63, 3.8) is 0 Å². The smallest absolute Gasteiger partial charge is 0.240 e. The third kappa shape index (κ3) is 3.18. The molecule has 6 heteroatoms. The van der Waals surface area contributed by atoms with Gasteiger partial charge in [-0.1, -0.05) is 29.3 Å². The Kier molecular flexibility index (Phi) is 4.53. The van der Waals surface area contributed by atoms with Crippen molar-refractivity contribution in [2.45, 2.75) is 0 Å². The van der Waals surface area contributed by atoms with E-state index in [-0.39, 0.29) is 0 Å². The Hall–Kier alpha value is -0.720. The first-order valence-corrected chi connectivity index (χ1v) is 6.91. The summed E-state index contributed by atoms with van der Waals surface area (Å²) in [6.07, 6.45) is 0. The molecule has 0 spiro atoms. The summed E-state index contributed by atoms with van der Waals surface area (Å²) in [6, 6.07) is 9.22. The average molecular weight is 395 g/mol. The molecule has 2 aromatic rings. The highest BCUT2D eigenvalue weighted by atomic mass is 127. The highest BCUT2D eigenvalue weighted by molar-refractivity contribution is 14.1. The second-order valence-electron chi connectivity index (χ2n) is 3.42. The molecule has 1 aromatic heterocycles. The number of benzene rings is 1. The summed E-state index contributed by atoms with van der Waals surface area (Å²) in [5.41, 5.74) is 0. The van der Waals surface area contributed by atoms with Crippen LogP contribution in [-0.4, -0.2) is 12.0 Å². The number of anilines is 1. The van der Waals surface area contributed by atoms with E-state index < -0.39 is 0 Å². The van der Waals surface area contributed by atoms with Crippen LogP contribution in [0.5, 0.6) is 11.6 Å². The second kappa shape index (κ2) is 5.95. The number of nitrogens with one attached hydrogen (secondary N) is 1. The second-order valence-corrected chi connectivity index (χ2v) is 5.48. The van der Waals surface area contributed by atoms with Crippen LogP contribution in [0.15, 0.2) is 30.3 Å². The third-order valence-corrected chi connectivity index (χ3v) is 3.37. The molecule has 0 radical (unpaired) electrons. The van der Waals surface area contributed by atoms with Gasteiger partial charge in [0.1, 0.15) is 16.6 Å². The lowest BCUT2D eigenvalue weighted by atomic mass is 10.3. The van der Waals surface area contributed by atoms with Crippen LogP contribution in [0.1, 0.15) is 0 Å². The van der Waals surface area contributed by atoms with Gasteiger partial charge in [0.15, 0.2) is 0 Å². The third-order valence-electron chi connectivity index (χ3n) is 2.14. The van der Waals surface area contributed by atoms with E-state index in [4.69, 9.17) is 27.9 Å². The number of rotatable bonds is 3. The first-order chi connectivity index (χ1) is 8.60. The van der Waals surface area contributed by atoms with Gasteiger partial charge < -0.3 is 10.1 Å². The summed E-state index contributed by atoms with van der Waals surface area (Å²) in [5.74, 6) is 1.54. The maximum atomic E-state index is 6.05. The quantitative estimate of drug-likeness (QED) is 0.757. The number of halogens is 3. The number of nitrogens with zero attached hydrogens (tertiary/aromatic N) is 1. The molecule has 0 atom stereocenters. The van der Waals surface area contributed by atoms with E-state index >= 15 is 0 Å². The van der Waals surface area contributed by atoms with Crippen LogP contribution in [0.25, 0.3) is 0 Å². The lowest BCUT2D eigenvalue weighted by molar-refractivity contribution is 0.463. The Morgan fingerprint density at radius 2 is 2.00 bits per heavy atom. The highest BCUT2D eigenvalue weighted by Gasteiger charge is 2.10. The van der Waals surface area contributed by atoms with Crippen molar-refractivity contribution in [3.8, 4) is 11.6 Å². The normalized spacial score (nSPS) is 10.2. The van der Waals surface area contributed by atoms with E-state index in [2.05, 4.69) is 32.9 Å². The van der Waals surface area contributed by atoms with E-state index in [1.807, 2.05) is 24.3 Å². The van der Waals surface area contributed by atoms with Crippen LogP contribution >= 0.6 is 45.8 Å². The van der Waals surface area contributed by atoms with Crippen molar-refractivity contribution in [1.82, 2.24) is 4.98 Å². The molecule has 0 unspecified atom stereocenters. The van der Waals surface area contributed by atoms with Gasteiger partial charge in [-0.3, -0.25) is 0 Å². The zero-order valence-corrected chi connectivity index (χ0v) is 13.0. The molecule has 1 aromatic carbocycles. The first kappa shape index (κ1) is 13.7. The lowest BCUT2D eigenvalue weighted by Gasteiger charge is -2.10. The summed E-state index contributed by atoms with van der Waals surface area (Å²) in [7, 11) is 1.73. The summed E-state index contributed by atoms with van der Waals surface area (Å²) in [4.78, 5) is 4.22. The van der Waals surface area contributed by atoms with Crippen molar-refractivity contribution in [1.29, 1.82) is 0 Å². The molecule has 0 amide bonds. The fraction of sp³-hybridized carbons (Fsp3) is 0.0833. The molecule has 18 heavy (non-hydrogen) atoms. The van der Waals surface area contributed by atoms with Gasteiger partial charge in [0.05, 0.1) is 5.02 Å². The molecule has 0 aliphatic heterocycles. The molecule has 0 saturated carbocycles. The SMILES string of the molecule is CNc1nc(Oc2cccc(I)c2)c(Cl)cc1Cl. The Morgan fingerprint density at radius 3 is 2.67 bits per heavy atom. The molecule has 0 bridgehead atoms. The Morgan fingerprint density at radius 1 is 1.22 bits per heavy atom. The van der Waals surface area contributed by atoms with Crippen LogP contribution in [0.3, 0.4) is 0 Å². The van der Waals surface area contributed by atoms with Gasteiger partial charge >= 0.3 is 0 Å². The van der Waals surface area contributed by atoms with E-state index in [9.17, 15) is 0 Å². The van der Waals surface area contributed by atoms with Crippen LogP contribution in [0, 0.1) is 3.57 Å². The number of ether oxygens (including phenoxy) is 1. The summed E-state index contributed by atoms with van der Waals surface area (Å²) < 4.78 is 6.71. The summed E-state index contributed by atoms with van der Waals surface area (Å²) in [5, 5.41) is 3.71. The Bertz CT molecular complexity index is 578. The van der Waals surface area contributed by atoms with Gasteiger partial charge in [-0.05, 0) is 46.9 Å². The van der Waals surface area contributed by atoms with Crippen LogP contribution < -0.4 is 10.1 Å². The average Bonchev–Trinajstić information content (AvgIpc) is 2.33. The van der Waals surface area contributed by atoms with E-state index in [0.29, 0.717) is 27.5 Å². The van der Waals surface area contributed by atoms with Crippen molar-refractivity contribution in [2.24, 2.45) is 0 Å². The number of hydrogen-bond acceptors (Lipinski definition) is 3. The monoisotopic (exact) mass is 394 g/mol. The van der Waals surface area contributed by atoms with Crippen LogP contribution in [0.2, 0.25) is 10.0 Å². The Labute approximate surface area is 129 Å². The van der Waals surface area contributed by atoms with E-state index in [1.54, 1.807) is 13.1 Å². The summed E-state index contributed by atoms with van der Waals surface area (Å²) in [6.45, 7) is 0. The van der Waals surface area contributed by atoms with E-state index in [0.717, 1.165) is 3.57 Å². The molecule has 0 saturated heterocycles. The molecule has 1 N–H and O–H groups in total. The van der Waals surface area contributed by atoms with Gasteiger partial charge in [-0.25, -0.2) is 0 Å². The maximum Gasteiger partial charge on any atom is 0.240 e. The largest absolute Gasteiger partial charge is 0.437 e. The minimum Gasteiger partial charge on any atom is -0.437 e. The van der Waals surface area contributed by atoms with Gasteiger partial charge in [-0.15, -0.1) is 0 Å². The number of hydrogen-bond donors (Lipinski definition) is 1. The Balaban J connectivity index is 2.34. The molecular formula is C12H9Cl2IN2O. The molecule has 2 rings (SSSR count). The van der Waals surface area contributed by atoms with Crippen molar-refractivity contribution >= 4 is 51.6 Å². The molecule has 94 valence electrons. The van der Waals surface area contributed by atoms with Gasteiger partial charge in [0.25, 0.3) is 0 Å². The minimum atomic E-state index is 0.326. The van der Waals surface area contributed by atoms with Crippen LogP contribution in [-0.2, 0) is 0 Å². The molecule has 0 fully saturated rings. The predicted octanol–water partition coefficient (Wildman–Crippen LogP) is 4.83. The first-order valence-electron chi connectivity index (χ1n) is 5.07. The standard InChI is InChI=1S/C12H9Cl2IN2O/c1-16-11-9(13)6-10(14)12(17-11)18-8-4-2-3-7(15)5-8/h2-6H,1H3,(H,16,17). The van der Waals surface area contributed by atoms with E-state index in [1.165, 1.54) is 0 Å². The van der Waals surface area contributed by atoms with Crippen molar-refractivity contribution in [3.05, 3.63) is 43.9 Å². The molecule has 1 heterocycles. The molecular weight excluding hydrogens is 386 g/mol. The number of pyridine rings is 1. The zero-order valence-electron chi connectivity index (χ0n) is 9.38. The topological polar surface area (TPSA) is 34.2 Å². The fourth-order valence-corrected chi connectivity index (χ4v) is 2.34. The molecule has 3 nitrogen and oxygen atoms in total. The van der Waals surface area contributed by atoms with Crippen LogP contribution in [0.4, 0.5) is 5.82 Å². The zero-order chi connectivity index (χ0) is 13.1. The maximum absolute atomic E-state index is 6.05. The fourth-order valence-electron chi connectivity index (χ4n) is 1.34. The van der Waals surface area contributed by atoms with Gasteiger partial charge in [-0.2, -0.15) is 4.98 Å². The van der Waals surface area contributed by atoms with Gasteiger partial charge in [0, 0.05) is 10.6 Å². The highest BCUT2D eigenvalue weighted by Crippen LogP contribution is 2.33. The van der Waals surface area contributed by atoms with Crippen molar-refractivity contribution in [2.75, 3.05) is 12.4 Å². The number of aromatic nitrogens is 1. The van der Waals surface area contributed by atoms with Gasteiger partial charge in [0.2, 0.25) is 5.88 Å². The lowest BCUT2D eigenvalue weighted by Crippen LogP contribution is -1.96. The van der Waals surface area contributed by atoms with Crippen molar-refractivity contribution < 1.29 is 4.74 Å². The molecule has 0 aliphatic carbocycles. The predicted molar refractivity (Wildman–Crippen MR) is 83.0 cm³/mol. The summed E-state index contributed by atoms with van der Waals surface area (Å²) >= 11 is 14.2. The minimum absolute atomic E-state index is 0.326.